The number of benzene rings is 1. The highest BCUT2D eigenvalue weighted by Crippen LogP contribution is 2.36. The molecule has 4 heteroatoms. The molecule has 1 aliphatic rings. The molecule has 1 saturated heterocycles. The minimum atomic E-state index is -0.990. The van der Waals surface area contributed by atoms with Gasteiger partial charge in [-0.25, -0.2) is 0 Å². The lowest BCUT2D eigenvalue weighted by Gasteiger charge is -2.20. The number of carboxylic acid groups (broad SMARTS) is 1. The van der Waals surface area contributed by atoms with E-state index in [2.05, 4.69) is 20.8 Å². The Labute approximate surface area is 112 Å². The van der Waals surface area contributed by atoms with Gasteiger partial charge in [-0.15, -0.1) is 0 Å². The van der Waals surface area contributed by atoms with Crippen LogP contribution in [-0.2, 0) is 19.7 Å². The fraction of sp³-hybridized carbons (Fsp3) is 0.467. The van der Waals surface area contributed by atoms with E-state index < -0.39 is 24.0 Å². The Balaban J connectivity index is 2.27. The lowest BCUT2D eigenvalue weighted by atomic mass is 9.85. The molecule has 0 spiro atoms. The molecule has 2 atom stereocenters. The number of carboxylic acids is 1. The van der Waals surface area contributed by atoms with Crippen LogP contribution in [0.2, 0.25) is 0 Å². The summed E-state index contributed by atoms with van der Waals surface area (Å²) in [5.74, 6) is -2.22. The second kappa shape index (κ2) is 4.68. The van der Waals surface area contributed by atoms with Crippen molar-refractivity contribution in [1.82, 2.24) is 0 Å². The zero-order valence-electron chi connectivity index (χ0n) is 11.3. The minimum Gasteiger partial charge on any atom is -0.481 e. The van der Waals surface area contributed by atoms with E-state index in [9.17, 15) is 9.59 Å². The van der Waals surface area contributed by atoms with Crippen LogP contribution in [0.4, 0.5) is 0 Å². The van der Waals surface area contributed by atoms with Crippen molar-refractivity contribution in [3.8, 4) is 0 Å². The van der Waals surface area contributed by atoms with Crippen molar-refractivity contribution in [3.05, 3.63) is 35.4 Å². The van der Waals surface area contributed by atoms with Crippen molar-refractivity contribution in [2.24, 2.45) is 5.92 Å². The maximum absolute atomic E-state index is 11.3. The summed E-state index contributed by atoms with van der Waals surface area (Å²) in [4.78, 5) is 22.4. The average Bonchev–Trinajstić information content (AvgIpc) is 2.70. The molecule has 102 valence electrons. The quantitative estimate of drug-likeness (QED) is 0.832. The topological polar surface area (TPSA) is 63.6 Å². The first-order valence-corrected chi connectivity index (χ1v) is 6.32. The van der Waals surface area contributed by atoms with Gasteiger partial charge in [0.2, 0.25) is 0 Å². The van der Waals surface area contributed by atoms with Crippen molar-refractivity contribution < 1.29 is 19.4 Å². The van der Waals surface area contributed by atoms with Crippen molar-refractivity contribution in [1.29, 1.82) is 0 Å². The van der Waals surface area contributed by atoms with E-state index in [1.165, 1.54) is 0 Å². The molecule has 0 saturated carbocycles. The van der Waals surface area contributed by atoms with Gasteiger partial charge in [-0.2, -0.15) is 0 Å². The van der Waals surface area contributed by atoms with Gasteiger partial charge < -0.3 is 9.84 Å². The first-order valence-electron chi connectivity index (χ1n) is 6.32. The summed E-state index contributed by atoms with van der Waals surface area (Å²) in [6, 6.07) is 7.61. The number of carbonyl (C=O) groups excluding carboxylic acids is 1. The summed E-state index contributed by atoms with van der Waals surface area (Å²) in [6.45, 7) is 6.33. The number of carbonyl (C=O) groups is 2. The number of hydrogen-bond donors (Lipinski definition) is 1. The van der Waals surface area contributed by atoms with E-state index in [1.54, 1.807) is 0 Å². The van der Waals surface area contributed by atoms with Crippen LogP contribution in [0.5, 0.6) is 0 Å². The third-order valence-electron chi connectivity index (χ3n) is 3.43. The van der Waals surface area contributed by atoms with Crippen LogP contribution in [-0.4, -0.2) is 17.0 Å². The van der Waals surface area contributed by atoms with Crippen LogP contribution in [0.1, 0.15) is 44.4 Å². The smallest absolute Gasteiger partial charge is 0.311 e. The lowest BCUT2D eigenvalue weighted by Crippen LogP contribution is -2.18. The Morgan fingerprint density at radius 3 is 2.32 bits per heavy atom. The van der Waals surface area contributed by atoms with Gasteiger partial charge in [0.15, 0.2) is 0 Å². The Kier molecular flexibility index (Phi) is 3.35. The van der Waals surface area contributed by atoms with E-state index in [-0.39, 0.29) is 11.8 Å². The Hall–Kier alpha value is -1.84. The molecule has 1 aliphatic heterocycles. The summed E-state index contributed by atoms with van der Waals surface area (Å²) in [5.41, 5.74) is 1.94. The van der Waals surface area contributed by atoms with Crippen LogP contribution >= 0.6 is 0 Å². The highest BCUT2D eigenvalue weighted by Gasteiger charge is 2.40. The molecule has 19 heavy (non-hydrogen) atoms. The molecule has 0 amide bonds. The summed E-state index contributed by atoms with van der Waals surface area (Å²) in [6.07, 6.45) is -0.722. The Morgan fingerprint density at radius 2 is 1.84 bits per heavy atom. The Morgan fingerprint density at radius 1 is 1.26 bits per heavy atom. The number of cyclic esters (lactones) is 1. The van der Waals surface area contributed by atoms with E-state index in [1.807, 2.05) is 24.3 Å². The van der Waals surface area contributed by atoms with Crippen molar-refractivity contribution >= 4 is 11.9 Å². The van der Waals surface area contributed by atoms with Crippen LogP contribution in [0.3, 0.4) is 0 Å². The number of esters is 1. The molecule has 0 radical (unpaired) electrons. The zero-order chi connectivity index (χ0) is 14.2. The third kappa shape index (κ3) is 2.78. The molecule has 1 heterocycles. The largest absolute Gasteiger partial charge is 0.481 e. The molecule has 1 fully saturated rings. The molecule has 0 aliphatic carbocycles. The monoisotopic (exact) mass is 262 g/mol. The lowest BCUT2D eigenvalue weighted by molar-refractivity contribution is -0.144. The predicted octanol–water partition coefficient (Wildman–Crippen LogP) is 2.67. The fourth-order valence-electron chi connectivity index (χ4n) is 2.25. The highest BCUT2D eigenvalue weighted by atomic mass is 16.6. The van der Waals surface area contributed by atoms with Crippen molar-refractivity contribution in [2.45, 2.75) is 38.7 Å². The summed E-state index contributed by atoms with van der Waals surface area (Å²) in [5, 5.41) is 9.11. The van der Waals surface area contributed by atoms with Crippen molar-refractivity contribution in [2.75, 3.05) is 0 Å². The predicted molar refractivity (Wildman–Crippen MR) is 69.7 cm³/mol. The molecule has 2 rings (SSSR count). The first-order chi connectivity index (χ1) is 8.79. The molecule has 0 unspecified atom stereocenters. The second-order valence-corrected chi connectivity index (χ2v) is 5.93. The molecule has 4 nitrogen and oxygen atoms in total. The summed E-state index contributed by atoms with van der Waals surface area (Å²) in [7, 11) is 0. The number of hydrogen-bond acceptors (Lipinski definition) is 3. The fourth-order valence-corrected chi connectivity index (χ4v) is 2.25. The van der Waals surface area contributed by atoms with Crippen LogP contribution in [0, 0.1) is 5.92 Å². The maximum atomic E-state index is 11.3. The van der Waals surface area contributed by atoms with Crippen molar-refractivity contribution in [3.63, 3.8) is 0 Å². The third-order valence-corrected chi connectivity index (χ3v) is 3.43. The molecular weight excluding hydrogens is 244 g/mol. The first kappa shape index (κ1) is 13.6. The standard InChI is InChI=1S/C15H18O4/c1-15(2,3)10-6-4-9(5-7-10)13-11(14(17)18)8-12(16)19-13/h4-7,11,13H,8H2,1-3H3,(H,17,18)/t11-,13+/m0/s1. The van der Waals surface area contributed by atoms with Gasteiger partial charge in [-0.3, -0.25) is 9.59 Å². The minimum absolute atomic E-state index is 0.0388. The molecule has 0 aromatic heterocycles. The zero-order valence-corrected chi connectivity index (χ0v) is 11.3. The molecule has 1 N–H and O–H groups in total. The molecular formula is C15H18O4. The summed E-state index contributed by atoms with van der Waals surface area (Å²) < 4.78 is 5.13. The van der Waals surface area contributed by atoms with E-state index in [0.717, 1.165) is 11.1 Å². The number of rotatable bonds is 2. The maximum Gasteiger partial charge on any atom is 0.311 e. The normalized spacial score (nSPS) is 23.2. The van der Waals surface area contributed by atoms with Crippen LogP contribution < -0.4 is 0 Å². The molecule has 0 bridgehead atoms. The van der Waals surface area contributed by atoms with Gasteiger partial charge in [0, 0.05) is 0 Å². The van der Waals surface area contributed by atoms with Gasteiger partial charge in [-0.05, 0) is 16.5 Å². The molecule has 1 aromatic carbocycles. The summed E-state index contributed by atoms with van der Waals surface area (Å²) >= 11 is 0. The van der Waals surface area contributed by atoms with Gasteiger partial charge in [0.25, 0.3) is 0 Å². The number of aliphatic carboxylic acids is 1. The highest BCUT2D eigenvalue weighted by molar-refractivity contribution is 5.82. The van der Waals surface area contributed by atoms with E-state index in [4.69, 9.17) is 9.84 Å². The van der Waals surface area contributed by atoms with Gasteiger partial charge >= 0.3 is 11.9 Å². The average molecular weight is 262 g/mol. The SMILES string of the molecule is CC(C)(C)c1ccc([C@H]2OC(=O)C[C@@H]2C(=O)O)cc1. The van der Waals surface area contributed by atoms with Crippen LogP contribution in [0.15, 0.2) is 24.3 Å². The van der Waals surface area contributed by atoms with Gasteiger partial charge in [0.1, 0.15) is 12.0 Å². The van der Waals surface area contributed by atoms with Crippen LogP contribution in [0.25, 0.3) is 0 Å². The second-order valence-electron chi connectivity index (χ2n) is 5.93. The van der Waals surface area contributed by atoms with Gasteiger partial charge in [-0.1, -0.05) is 45.0 Å². The number of ether oxygens (including phenoxy) is 1. The van der Waals surface area contributed by atoms with E-state index in [0.29, 0.717) is 0 Å². The molecule has 1 aromatic rings. The Bertz CT molecular complexity index is 496. The van der Waals surface area contributed by atoms with E-state index >= 15 is 0 Å². The van der Waals surface area contributed by atoms with Gasteiger partial charge in [0.05, 0.1) is 6.42 Å².